The average Bonchev–Trinajstić information content (AvgIpc) is 2.25. The van der Waals surface area contributed by atoms with E-state index in [0.29, 0.717) is 31.3 Å². The molecule has 14 heavy (non-hydrogen) atoms. The Morgan fingerprint density at radius 3 is 2.79 bits per heavy atom. The van der Waals surface area contributed by atoms with Crippen LogP contribution < -0.4 is 10.5 Å². The number of ether oxygens (including phenoxy) is 2. The van der Waals surface area contributed by atoms with Crippen molar-refractivity contribution in [1.82, 2.24) is 9.97 Å². The predicted octanol–water partition coefficient (Wildman–Crippen LogP) is 0.351. The molecule has 0 saturated heterocycles. The van der Waals surface area contributed by atoms with Crippen molar-refractivity contribution in [3.8, 4) is 5.88 Å². The van der Waals surface area contributed by atoms with E-state index in [1.807, 2.05) is 0 Å². The first-order chi connectivity index (χ1) is 6.88. The lowest BCUT2D eigenvalue weighted by molar-refractivity contribution is 0.170. The number of methoxy groups -OCH3 is 1. The SMILES string of the molecule is COCCCOc1nccnc1CN. The summed E-state index contributed by atoms with van der Waals surface area (Å²) in [4.78, 5) is 8.09. The molecule has 5 nitrogen and oxygen atoms in total. The van der Waals surface area contributed by atoms with E-state index < -0.39 is 0 Å². The molecular weight excluding hydrogens is 182 g/mol. The Hall–Kier alpha value is -1.20. The molecule has 0 radical (unpaired) electrons. The molecule has 0 bridgehead atoms. The Morgan fingerprint density at radius 2 is 2.07 bits per heavy atom. The lowest BCUT2D eigenvalue weighted by Gasteiger charge is -2.07. The molecule has 78 valence electrons. The van der Waals surface area contributed by atoms with Gasteiger partial charge in [0, 0.05) is 39.1 Å². The van der Waals surface area contributed by atoms with Crippen LogP contribution in [0.2, 0.25) is 0 Å². The van der Waals surface area contributed by atoms with Gasteiger partial charge in [-0.05, 0) is 0 Å². The monoisotopic (exact) mass is 197 g/mol. The zero-order valence-electron chi connectivity index (χ0n) is 8.27. The summed E-state index contributed by atoms with van der Waals surface area (Å²) < 4.78 is 10.3. The molecule has 0 aromatic carbocycles. The Labute approximate surface area is 83.3 Å². The van der Waals surface area contributed by atoms with Crippen molar-refractivity contribution >= 4 is 0 Å². The molecule has 0 aliphatic carbocycles. The van der Waals surface area contributed by atoms with Crippen LogP contribution in [0.4, 0.5) is 0 Å². The molecule has 5 heteroatoms. The van der Waals surface area contributed by atoms with Crippen molar-refractivity contribution in [2.45, 2.75) is 13.0 Å². The first kappa shape index (κ1) is 10.9. The molecule has 0 aliphatic heterocycles. The summed E-state index contributed by atoms with van der Waals surface area (Å²) in [7, 11) is 1.66. The standard InChI is InChI=1S/C9H15N3O2/c1-13-5-2-6-14-9-8(7-10)11-3-4-12-9/h3-4H,2,5-7,10H2,1H3. The molecule has 1 aromatic heterocycles. The summed E-state index contributed by atoms with van der Waals surface area (Å²) in [6, 6.07) is 0. The minimum Gasteiger partial charge on any atom is -0.476 e. The van der Waals surface area contributed by atoms with Gasteiger partial charge in [0.15, 0.2) is 0 Å². The number of hydrogen-bond donors (Lipinski definition) is 1. The third-order valence-electron chi connectivity index (χ3n) is 1.66. The van der Waals surface area contributed by atoms with Crippen LogP contribution in [0, 0.1) is 0 Å². The molecule has 0 aliphatic rings. The van der Waals surface area contributed by atoms with Crippen LogP contribution in [0.3, 0.4) is 0 Å². The van der Waals surface area contributed by atoms with Crippen LogP contribution in [0.15, 0.2) is 12.4 Å². The van der Waals surface area contributed by atoms with Crippen LogP contribution in [0.5, 0.6) is 5.88 Å². The highest BCUT2D eigenvalue weighted by atomic mass is 16.5. The predicted molar refractivity (Wildman–Crippen MR) is 51.9 cm³/mol. The first-order valence-electron chi connectivity index (χ1n) is 4.50. The quantitative estimate of drug-likeness (QED) is 0.666. The van der Waals surface area contributed by atoms with E-state index in [1.165, 1.54) is 0 Å². The molecular formula is C9H15N3O2. The van der Waals surface area contributed by atoms with Gasteiger partial charge in [-0.25, -0.2) is 4.98 Å². The van der Waals surface area contributed by atoms with Crippen molar-refractivity contribution in [2.75, 3.05) is 20.3 Å². The highest BCUT2D eigenvalue weighted by molar-refractivity contribution is 5.16. The summed E-state index contributed by atoms with van der Waals surface area (Å²) in [6.45, 7) is 1.59. The highest BCUT2D eigenvalue weighted by Crippen LogP contribution is 2.10. The largest absolute Gasteiger partial charge is 0.476 e. The number of hydrogen-bond acceptors (Lipinski definition) is 5. The summed E-state index contributed by atoms with van der Waals surface area (Å²) in [5, 5.41) is 0. The van der Waals surface area contributed by atoms with Gasteiger partial charge in [-0.15, -0.1) is 0 Å². The molecule has 0 spiro atoms. The molecule has 1 heterocycles. The molecule has 1 aromatic rings. The molecule has 2 N–H and O–H groups in total. The summed E-state index contributed by atoms with van der Waals surface area (Å²) in [6.07, 6.45) is 4.02. The van der Waals surface area contributed by atoms with Crippen LogP contribution >= 0.6 is 0 Å². The maximum Gasteiger partial charge on any atom is 0.236 e. The normalized spacial score (nSPS) is 10.1. The van der Waals surface area contributed by atoms with Gasteiger partial charge >= 0.3 is 0 Å². The zero-order chi connectivity index (χ0) is 10.2. The second-order valence-electron chi connectivity index (χ2n) is 2.71. The number of rotatable bonds is 6. The minimum absolute atomic E-state index is 0.341. The number of aromatic nitrogens is 2. The fourth-order valence-electron chi connectivity index (χ4n) is 0.987. The van der Waals surface area contributed by atoms with Crippen LogP contribution in [-0.2, 0) is 11.3 Å². The number of nitrogens with zero attached hydrogens (tertiary/aromatic N) is 2. The minimum atomic E-state index is 0.341. The third kappa shape index (κ3) is 3.27. The van der Waals surface area contributed by atoms with Crippen molar-refractivity contribution in [3.63, 3.8) is 0 Å². The second kappa shape index (κ2) is 6.28. The lowest BCUT2D eigenvalue weighted by atomic mass is 10.4. The third-order valence-corrected chi connectivity index (χ3v) is 1.66. The van der Waals surface area contributed by atoms with Gasteiger partial charge in [-0.1, -0.05) is 0 Å². The molecule has 0 saturated carbocycles. The van der Waals surface area contributed by atoms with Gasteiger partial charge in [-0.3, -0.25) is 4.98 Å². The van der Waals surface area contributed by atoms with Gasteiger partial charge in [0.25, 0.3) is 0 Å². The van der Waals surface area contributed by atoms with Gasteiger partial charge in [0.2, 0.25) is 5.88 Å². The fourth-order valence-corrected chi connectivity index (χ4v) is 0.987. The molecule has 0 atom stereocenters. The first-order valence-corrected chi connectivity index (χ1v) is 4.50. The summed E-state index contributed by atoms with van der Waals surface area (Å²) >= 11 is 0. The van der Waals surface area contributed by atoms with E-state index in [9.17, 15) is 0 Å². The Bertz CT molecular complexity index is 268. The van der Waals surface area contributed by atoms with E-state index in [-0.39, 0.29) is 0 Å². The molecule has 0 fully saturated rings. The van der Waals surface area contributed by atoms with Crippen LogP contribution in [-0.4, -0.2) is 30.3 Å². The molecule has 0 amide bonds. The van der Waals surface area contributed by atoms with Gasteiger partial charge < -0.3 is 15.2 Å². The Morgan fingerprint density at radius 1 is 1.29 bits per heavy atom. The zero-order valence-corrected chi connectivity index (χ0v) is 8.27. The van der Waals surface area contributed by atoms with Gasteiger partial charge in [0.1, 0.15) is 5.69 Å². The van der Waals surface area contributed by atoms with Crippen molar-refractivity contribution in [1.29, 1.82) is 0 Å². The van der Waals surface area contributed by atoms with Crippen molar-refractivity contribution in [2.24, 2.45) is 5.73 Å². The Kier molecular flexibility index (Phi) is 4.88. The molecule has 0 unspecified atom stereocenters. The summed E-state index contributed by atoms with van der Waals surface area (Å²) in [5.41, 5.74) is 6.16. The Balaban J connectivity index is 2.41. The van der Waals surface area contributed by atoms with Gasteiger partial charge in [-0.2, -0.15) is 0 Å². The maximum absolute atomic E-state index is 5.47. The lowest BCUT2D eigenvalue weighted by Crippen LogP contribution is -2.08. The molecule has 1 rings (SSSR count). The van der Waals surface area contributed by atoms with E-state index in [0.717, 1.165) is 6.42 Å². The fraction of sp³-hybridized carbons (Fsp3) is 0.556. The van der Waals surface area contributed by atoms with E-state index in [4.69, 9.17) is 15.2 Å². The maximum atomic E-state index is 5.47. The van der Waals surface area contributed by atoms with Crippen molar-refractivity contribution < 1.29 is 9.47 Å². The summed E-state index contributed by atoms with van der Waals surface area (Å²) in [5.74, 6) is 0.520. The van der Waals surface area contributed by atoms with E-state index in [1.54, 1.807) is 19.5 Å². The van der Waals surface area contributed by atoms with Crippen LogP contribution in [0.25, 0.3) is 0 Å². The topological polar surface area (TPSA) is 70.3 Å². The van der Waals surface area contributed by atoms with Gasteiger partial charge in [0.05, 0.1) is 6.61 Å². The average molecular weight is 197 g/mol. The smallest absolute Gasteiger partial charge is 0.236 e. The highest BCUT2D eigenvalue weighted by Gasteiger charge is 2.03. The number of nitrogens with two attached hydrogens (primary N) is 1. The van der Waals surface area contributed by atoms with Crippen molar-refractivity contribution in [3.05, 3.63) is 18.1 Å². The van der Waals surface area contributed by atoms with Crippen LogP contribution in [0.1, 0.15) is 12.1 Å². The second-order valence-corrected chi connectivity index (χ2v) is 2.71. The van der Waals surface area contributed by atoms with E-state index in [2.05, 4.69) is 9.97 Å². The van der Waals surface area contributed by atoms with E-state index >= 15 is 0 Å².